The molecule has 0 radical (unpaired) electrons. The van der Waals surface area contributed by atoms with Gasteiger partial charge in [-0.05, 0) is 36.6 Å². The van der Waals surface area contributed by atoms with Gasteiger partial charge in [0.05, 0.1) is 18.2 Å². The molecule has 0 amide bonds. The summed E-state index contributed by atoms with van der Waals surface area (Å²) in [6.07, 6.45) is 0.960. The SMILES string of the molecule is CCNC(=NCc1ccc(C#N)cc1)NCCc1ccccc1. The molecule has 0 aromatic heterocycles. The molecule has 23 heavy (non-hydrogen) atoms. The van der Waals surface area contributed by atoms with Crippen LogP contribution in [-0.2, 0) is 13.0 Å². The number of aliphatic imine (C=N–C) groups is 1. The average Bonchev–Trinajstić information content (AvgIpc) is 2.61. The first-order chi connectivity index (χ1) is 11.3. The van der Waals surface area contributed by atoms with Crippen LogP contribution in [-0.4, -0.2) is 19.0 Å². The van der Waals surface area contributed by atoms with Crippen molar-refractivity contribution in [3.8, 4) is 6.07 Å². The predicted octanol–water partition coefficient (Wildman–Crippen LogP) is 2.86. The molecule has 4 nitrogen and oxygen atoms in total. The summed E-state index contributed by atoms with van der Waals surface area (Å²) in [5.74, 6) is 0.813. The molecule has 118 valence electrons. The lowest BCUT2D eigenvalue weighted by Gasteiger charge is -2.11. The second kappa shape index (κ2) is 9.26. The van der Waals surface area contributed by atoms with Crippen LogP contribution in [0.5, 0.6) is 0 Å². The number of guanidine groups is 1. The van der Waals surface area contributed by atoms with Crippen molar-refractivity contribution in [1.82, 2.24) is 10.6 Å². The van der Waals surface area contributed by atoms with Crippen molar-refractivity contribution in [2.75, 3.05) is 13.1 Å². The Morgan fingerprint density at radius 2 is 1.74 bits per heavy atom. The zero-order chi connectivity index (χ0) is 16.3. The standard InChI is InChI=1S/C19H22N4/c1-2-21-19(22-13-12-16-6-4-3-5-7-16)23-15-18-10-8-17(14-20)9-11-18/h3-11H,2,12-13,15H2,1H3,(H2,21,22,23). The molecule has 0 saturated carbocycles. The van der Waals surface area contributed by atoms with Gasteiger partial charge in [0.2, 0.25) is 0 Å². The molecule has 2 aromatic rings. The molecule has 0 saturated heterocycles. The van der Waals surface area contributed by atoms with E-state index in [1.165, 1.54) is 5.56 Å². The monoisotopic (exact) mass is 306 g/mol. The number of benzene rings is 2. The molecule has 0 heterocycles. The van der Waals surface area contributed by atoms with E-state index in [0.717, 1.165) is 31.0 Å². The van der Waals surface area contributed by atoms with Crippen LogP contribution in [0.4, 0.5) is 0 Å². The first kappa shape index (κ1) is 16.6. The Hall–Kier alpha value is -2.80. The van der Waals surface area contributed by atoms with E-state index >= 15 is 0 Å². The highest BCUT2D eigenvalue weighted by molar-refractivity contribution is 5.79. The largest absolute Gasteiger partial charge is 0.357 e. The minimum absolute atomic E-state index is 0.590. The lowest BCUT2D eigenvalue weighted by atomic mass is 10.1. The van der Waals surface area contributed by atoms with Crippen molar-refractivity contribution >= 4 is 5.96 Å². The summed E-state index contributed by atoms with van der Waals surface area (Å²) < 4.78 is 0. The van der Waals surface area contributed by atoms with Crippen LogP contribution in [0.2, 0.25) is 0 Å². The summed E-state index contributed by atoms with van der Waals surface area (Å²) in [6.45, 7) is 4.30. The zero-order valence-corrected chi connectivity index (χ0v) is 13.4. The number of nitrogens with zero attached hydrogens (tertiary/aromatic N) is 2. The van der Waals surface area contributed by atoms with Gasteiger partial charge < -0.3 is 10.6 Å². The number of hydrogen-bond donors (Lipinski definition) is 2. The van der Waals surface area contributed by atoms with Crippen molar-refractivity contribution < 1.29 is 0 Å². The normalized spacial score (nSPS) is 10.9. The lowest BCUT2D eigenvalue weighted by Crippen LogP contribution is -2.38. The Kier molecular flexibility index (Phi) is 6.67. The maximum atomic E-state index is 8.81. The van der Waals surface area contributed by atoms with E-state index in [2.05, 4.69) is 52.9 Å². The highest BCUT2D eigenvalue weighted by atomic mass is 15.2. The quantitative estimate of drug-likeness (QED) is 0.637. The Morgan fingerprint density at radius 3 is 2.39 bits per heavy atom. The Labute approximate surface area is 137 Å². The van der Waals surface area contributed by atoms with Gasteiger partial charge in [-0.1, -0.05) is 42.5 Å². The van der Waals surface area contributed by atoms with Crippen molar-refractivity contribution in [2.24, 2.45) is 4.99 Å². The fourth-order valence-corrected chi connectivity index (χ4v) is 2.17. The van der Waals surface area contributed by atoms with Gasteiger partial charge in [0.25, 0.3) is 0 Å². The molecule has 4 heteroatoms. The molecule has 0 aliphatic rings. The molecule has 0 atom stereocenters. The lowest BCUT2D eigenvalue weighted by molar-refractivity contribution is 0.799. The van der Waals surface area contributed by atoms with Gasteiger partial charge in [-0.25, -0.2) is 4.99 Å². The van der Waals surface area contributed by atoms with E-state index in [-0.39, 0.29) is 0 Å². The van der Waals surface area contributed by atoms with Crippen LogP contribution in [0.15, 0.2) is 59.6 Å². The molecular weight excluding hydrogens is 284 g/mol. The second-order valence-corrected chi connectivity index (χ2v) is 5.17. The van der Waals surface area contributed by atoms with Gasteiger partial charge in [0.1, 0.15) is 0 Å². The van der Waals surface area contributed by atoms with Crippen molar-refractivity contribution in [1.29, 1.82) is 5.26 Å². The van der Waals surface area contributed by atoms with Crippen LogP contribution >= 0.6 is 0 Å². The zero-order valence-electron chi connectivity index (χ0n) is 13.4. The molecule has 0 aliphatic carbocycles. The van der Waals surface area contributed by atoms with E-state index < -0.39 is 0 Å². The fraction of sp³-hybridized carbons (Fsp3) is 0.263. The van der Waals surface area contributed by atoms with Gasteiger partial charge in [0.15, 0.2) is 5.96 Å². The highest BCUT2D eigenvalue weighted by Crippen LogP contribution is 2.04. The van der Waals surface area contributed by atoms with Crippen molar-refractivity contribution in [3.05, 3.63) is 71.3 Å². The van der Waals surface area contributed by atoms with Gasteiger partial charge in [-0.15, -0.1) is 0 Å². The third kappa shape index (κ3) is 5.84. The van der Waals surface area contributed by atoms with E-state index in [0.29, 0.717) is 12.1 Å². The Morgan fingerprint density at radius 1 is 1.00 bits per heavy atom. The van der Waals surface area contributed by atoms with Gasteiger partial charge >= 0.3 is 0 Å². The Balaban J connectivity index is 1.87. The maximum absolute atomic E-state index is 8.81. The van der Waals surface area contributed by atoms with E-state index in [1.807, 2.05) is 30.3 Å². The topological polar surface area (TPSA) is 60.2 Å². The minimum atomic E-state index is 0.590. The minimum Gasteiger partial charge on any atom is -0.357 e. The van der Waals surface area contributed by atoms with Crippen LogP contribution in [0.25, 0.3) is 0 Å². The Bertz CT molecular complexity index is 654. The molecule has 0 fully saturated rings. The molecule has 2 rings (SSSR count). The molecule has 0 unspecified atom stereocenters. The molecular formula is C19H22N4. The smallest absolute Gasteiger partial charge is 0.191 e. The summed E-state index contributed by atoms with van der Waals surface area (Å²) in [4.78, 5) is 4.58. The third-order valence-corrected chi connectivity index (χ3v) is 3.40. The number of nitriles is 1. The van der Waals surface area contributed by atoms with Crippen molar-refractivity contribution in [2.45, 2.75) is 19.9 Å². The second-order valence-electron chi connectivity index (χ2n) is 5.17. The van der Waals surface area contributed by atoms with E-state index in [4.69, 9.17) is 5.26 Å². The number of hydrogen-bond acceptors (Lipinski definition) is 2. The maximum Gasteiger partial charge on any atom is 0.191 e. The van der Waals surface area contributed by atoms with Crippen LogP contribution < -0.4 is 10.6 Å². The van der Waals surface area contributed by atoms with E-state index in [1.54, 1.807) is 0 Å². The molecule has 2 N–H and O–H groups in total. The average molecular weight is 306 g/mol. The molecule has 0 bridgehead atoms. The van der Waals surface area contributed by atoms with Crippen LogP contribution in [0.3, 0.4) is 0 Å². The van der Waals surface area contributed by atoms with Gasteiger partial charge in [0, 0.05) is 13.1 Å². The van der Waals surface area contributed by atoms with E-state index in [9.17, 15) is 0 Å². The van der Waals surface area contributed by atoms with Crippen LogP contribution in [0.1, 0.15) is 23.6 Å². The molecule has 2 aromatic carbocycles. The van der Waals surface area contributed by atoms with Gasteiger partial charge in [-0.2, -0.15) is 5.26 Å². The summed E-state index contributed by atoms with van der Waals surface area (Å²) in [5, 5.41) is 15.4. The summed E-state index contributed by atoms with van der Waals surface area (Å²) in [5.41, 5.74) is 3.07. The highest BCUT2D eigenvalue weighted by Gasteiger charge is 1.98. The fourth-order valence-electron chi connectivity index (χ4n) is 2.17. The molecule has 0 aliphatic heterocycles. The van der Waals surface area contributed by atoms with Gasteiger partial charge in [-0.3, -0.25) is 0 Å². The van der Waals surface area contributed by atoms with Crippen LogP contribution in [0, 0.1) is 11.3 Å². The summed E-state index contributed by atoms with van der Waals surface area (Å²) in [6, 6.07) is 20.0. The first-order valence-electron chi connectivity index (χ1n) is 7.87. The third-order valence-electron chi connectivity index (χ3n) is 3.40. The number of nitrogens with one attached hydrogen (secondary N) is 2. The van der Waals surface area contributed by atoms with Crippen molar-refractivity contribution in [3.63, 3.8) is 0 Å². The summed E-state index contributed by atoms with van der Waals surface area (Å²) >= 11 is 0. The first-order valence-corrected chi connectivity index (χ1v) is 7.87. The molecule has 0 spiro atoms. The predicted molar refractivity (Wildman–Crippen MR) is 94.1 cm³/mol. The number of rotatable bonds is 6. The summed E-state index contributed by atoms with van der Waals surface area (Å²) in [7, 11) is 0.